The maximum atomic E-state index is 12.0. The number of ether oxygens (including phenoxy) is 6. The molecule has 0 aliphatic carbocycles. The molecule has 10 N–H and O–H groups in total. The van der Waals surface area contributed by atoms with Crippen LogP contribution in [0.1, 0.15) is 34.6 Å². The number of aliphatic hydroxyl groups is 8. The molecule has 3 saturated heterocycles. The van der Waals surface area contributed by atoms with Crippen molar-refractivity contribution in [1.29, 1.82) is 0 Å². The Balaban J connectivity index is 1.77. The van der Waals surface area contributed by atoms with Gasteiger partial charge in [0.1, 0.15) is 73.1 Å². The van der Waals surface area contributed by atoms with Gasteiger partial charge in [-0.2, -0.15) is 0 Å². The van der Waals surface area contributed by atoms with E-state index in [0.717, 1.165) is 6.92 Å². The van der Waals surface area contributed by atoms with Crippen molar-refractivity contribution in [1.82, 2.24) is 10.6 Å². The van der Waals surface area contributed by atoms with Gasteiger partial charge in [0, 0.05) is 13.8 Å². The molecule has 18 heteroatoms. The Bertz CT molecular complexity index is 951. The summed E-state index contributed by atoms with van der Waals surface area (Å²) >= 11 is 0. The number of amides is 2. The summed E-state index contributed by atoms with van der Waals surface area (Å²) in [5.41, 5.74) is -0.786. The predicted octanol–water partition coefficient (Wildman–Crippen LogP) is -5.46. The van der Waals surface area contributed by atoms with Crippen LogP contribution in [0.25, 0.3) is 0 Å². The van der Waals surface area contributed by atoms with E-state index in [4.69, 9.17) is 28.4 Å². The Hall–Kier alpha value is -1.62. The monoisotopic (exact) mass is 642 g/mol. The van der Waals surface area contributed by atoms with E-state index in [0.29, 0.717) is 0 Å². The number of aliphatic hydroxyl groups excluding tert-OH is 8. The van der Waals surface area contributed by atoms with Crippen LogP contribution in [0, 0.1) is 0 Å². The predicted molar refractivity (Wildman–Crippen MR) is 143 cm³/mol. The average molecular weight is 643 g/mol. The SMILES string of the molecule is CC(=O)NC1[C@@H](OC(C)(C)C)OC(CO[C@@H]2OC(CO)C(O[C@@H]3OC(CO)C(O)[C@H](O)C3O)[C@H](O)C2NC(C)=O)C(O)[C@@H]1O. The van der Waals surface area contributed by atoms with Crippen molar-refractivity contribution >= 4 is 11.8 Å². The minimum Gasteiger partial charge on any atom is -0.394 e. The Morgan fingerprint density at radius 1 is 0.659 bits per heavy atom. The molecule has 18 nitrogen and oxygen atoms in total. The first kappa shape index (κ1) is 36.8. The fourth-order valence-electron chi connectivity index (χ4n) is 5.20. The van der Waals surface area contributed by atoms with E-state index in [2.05, 4.69) is 10.6 Å². The lowest BCUT2D eigenvalue weighted by Crippen LogP contribution is -2.68. The van der Waals surface area contributed by atoms with Crippen molar-refractivity contribution in [3.8, 4) is 0 Å². The van der Waals surface area contributed by atoms with Crippen LogP contribution < -0.4 is 10.6 Å². The number of hydrogen-bond acceptors (Lipinski definition) is 16. The first-order chi connectivity index (χ1) is 20.5. The summed E-state index contributed by atoms with van der Waals surface area (Å²) in [6.07, 6.45) is -19.9. The van der Waals surface area contributed by atoms with Crippen LogP contribution in [0.5, 0.6) is 0 Å². The summed E-state index contributed by atoms with van der Waals surface area (Å²) in [5.74, 6) is -1.12. The molecule has 0 spiro atoms. The maximum Gasteiger partial charge on any atom is 0.217 e. The summed E-state index contributed by atoms with van der Waals surface area (Å²) in [5, 5.41) is 87.8. The van der Waals surface area contributed by atoms with E-state index in [1.807, 2.05) is 0 Å². The number of nitrogens with one attached hydrogen (secondary N) is 2. The summed E-state index contributed by atoms with van der Waals surface area (Å²) in [6, 6.07) is -2.50. The lowest BCUT2D eigenvalue weighted by Gasteiger charge is -2.48. The van der Waals surface area contributed by atoms with Crippen LogP contribution in [0.15, 0.2) is 0 Å². The molecule has 3 aliphatic heterocycles. The number of carbonyl (C=O) groups is 2. The van der Waals surface area contributed by atoms with Crippen molar-refractivity contribution < 1.29 is 78.9 Å². The highest BCUT2D eigenvalue weighted by molar-refractivity contribution is 5.73. The van der Waals surface area contributed by atoms with Crippen molar-refractivity contribution in [2.24, 2.45) is 0 Å². The van der Waals surface area contributed by atoms with Crippen LogP contribution in [0.3, 0.4) is 0 Å². The van der Waals surface area contributed by atoms with Crippen molar-refractivity contribution in [3.63, 3.8) is 0 Å². The molecule has 3 heterocycles. The van der Waals surface area contributed by atoms with Crippen molar-refractivity contribution in [2.75, 3.05) is 19.8 Å². The smallest absolute Gasteiger partial charge is 0.217 e. The molecular weight excluding hydrogens is 596 g/mol. The van der Waals surface area contributed by atoms with E-state index in [1.165, 1.54) is 6.92 Å². The Kier molecular flexibility index (Phi) is 12.8. The van der Waals surface area contributed by atoms with Gasteiger partial charge in [0.05, 0.1) is 25.4 Å². The normalized spacial score (nSPS) is 43.3. The molecule has 0 aromatic carbocycles. The average Bonchev–Trinajstić information content (AvgIpc) is 2.93. The molecule has 0 radical (unpaired) electrons. The van der Waals surface area contributed by atoms with Crippen LogP contribution in [0.2, 0.25) is 0 Å². The molecule has 3 fully saturated rings. The Morgan fingerprint density at radius 3 is 1.68 bits per heavy atom. The van der Waals surface area contributed by atoms with Gasteiger partial charge in [-0.15, -0.1) is 0 Å². The summed E-state index contributed by atoms with van der Waals surface area (Å²) < 4.78 is 34.3. The number of hydrogen-bond donors (Lipinski definition) is 10. The van der Waals surface area contributed by atoms with Gasteiger partial charge < -0.3 is 79.9 Å². The van der Waals surface area contributed by atoms with Gasteiger partial charge in [0.25, 0.3) is 0 Å². The largest absolute Gasteiger partial charge is 0.394 e. The Morgan fingerprint density at radius 2 is 1.16 bits per heavy atom. The van der Waals surface area contributed by atoms with E-state index >= 15 is 0 Å². The lowest BCUT2D eigenvalue weighted by molar-refractivity contribution is -0.352. The molecule has 3 rings (SSSR count). The molecule has 9 unspecified atom stereocenters. The minimum absolute atomic E-state index is 0.487. The lowest BCUT2D eigenvalue weighted by atomic mass is 9.95. The van der Waals surface area contributed by atoms with E-state index < -0.39 is 129 Å². The zero-order valence-electron chi connectivity index (χ0n) is 25.1. The molecule has 2 amide bonds. The van der Waals surface area contributed by atoms with E-state index in [1.54, 1.807) is 20.8 Å². The first-order valence-electron chi connectivity index (χ1n) is 14.2. The minimum atomic E-state index is -1.83. The molecule has 44 heavy (non-hydrogen) atoms. The van der Waals surface area contributed by atoms with Crippen LogP contribution in [0.4, 0.5) is 0 Å². The highest BCUT2D eigenvalue weighted by Crippen LogP contribution is 2.31. The van der Waals surface area contributed by atoms with Crippen LogP contribution >= 0.6 is 0 Å². The molecule has 256 valence electrons. The fraction of sp³-hybridized carbons (Fsp3) is 0.923. The van der Waals surface area contributed by atoms with Gasteiger partial charge in [0.15, 0.2) is 18.9 Å². The number of rotatable bonds is 10. The second-order valence-corrected chi connectivity index (χ2v) is 12.1. The van der Waals surface area contributed by atoms with E-state index in [-0.39, 0.29) is 0 Å². The second-order valence-electron chi connectivity index (χ2n) is 12.1. The highest BCUT2D eigenvalue weighted by atomic mass is 16.7. The summed E-state index contributed by atoms with van der Waals surface area (Å²) in [6.45, 7) is 5.54. The molecule has 0 bridgehead atoms. The third kappa shape index (κ3) is 8.80. The topological polar surface area (TPSA) is 275 Å². The highest BCUT2D eigenvalue weighted by Gasteiger charge is 2.52. The molecule has 0 aromatic heterocycles. The van der Waals surface area contributed by atoms with Gasteiger partial charge in [-0.1, -0.05) is 0 Å². The molecule has 3 aliphatic rings. The molecule has 15 atom stereocenters. The third-order valence-corrected chi connectivity index (χ3v) is 7.33. The van der Waals surface area contributed by atoms with Crippen LogP contribution in [-0.4, -0.2) is 170 Å². The van der Waals surface area contributed by atoms with Crippen molar-refractivity contribution in [2.45, 2.75) is 132 Å². The number of carbonyl (C=O) groups excluding carboxylic acids is 2. The maximum absolute atomic E-state index is 12.0. The van der Waals surface area contributed by atoms with Crippen molar-refractivity contribution in [3.05, 3.63) is 0 Å². The van der Waals surface area contributed by atoms with Gasteiger partial charge in [-0.3, -0.25) is 9.59 Å². The standard InChI is InChI=1S/C26H46N2O16/c1-9(31)27-14-18(35)17(34)13(42-24(14)44-26(3,4)5)8-39-23-15(28-10(2)32)19(36)22(12(7-30)41-23)43-25-21(38)20(37)16(33)11(6-29)40-25/h11-25,29-30,33-38H,6-8H2,1-5H3,(H,27,31)(H,28,32)/t11?,12?,13?,14?,15?,16?,17?,18-,19-,20+,21?,22?,23-,24-,25+/m1/s1. The van der Waals surface area contributed by atoms with Gasteiger partial charge in [-0.25, -0.2) is 0 Å². The summed E-state index contributed by atoms with van der Waals surface area (Å²) in [7, 11) is 0. The zero-order valence-corrected chi connectivity index (χ0v) is 25.1. The summed E-state index contributed by atoms with van der Waals surface area (Å²) in [4.78, 5) is 23.8. The van der Waals surface area contributed by atoms with Gasteiger partial charge in [0.2, 0.25) is 11.8 Å². The molecule has 0 saturated carbocycles. The van der Waals surface area contributed by atoms with Gasteiger partial charge in [-0.05, 0) is 20.8 Å². The quantitative estimate of drug-likeness (QED) is 0.106. The third-order valence-electron chi connectivity index (χ3n) is 7.33. The second kappa shape index (κ2) is 15.3. The zero-order chi connectivity index (χ0) is 33.1. The molecular formula is C26H46N2O16. The van der Waals surface area contributed by atoms with E-state index in [9.17, 15) is 50.4 Å². The fourth-order valence-corrected chi connectivity index (χ4v) is 5.20. The van der Waals surface area contributed by atoms with Crippen LogP contribution in [-0.2, 0) is 38.0 Å². The van der Waals surface area contributed by atoms with Gasteiger partial charge >= 0.3 is 0 Å². The first-order valence-corrected chi connectivity index (χ1v) is 14.2. The Labute approximate surface area is 253 Å². The molecule has 0 aromatic rings.